The Morgan fingerprint density at radius 3 is 2.65 bits per heavy atom. The maximum absolute atomic E-state index is 5.87. The van der Waals surface area contributed by atoms with Gasteiger partial charge in [0.1, 0.15) is 5.75 Å². The van der Waals surface area contributed by atoms with Crippen LogP contribution in [-0.4, -0.2) is 37.4 Å². The van der Waals surface area contributed by atoms with Crippen LogP contribution in [0.4, 0.5) is 5.69 Å². The molecule has 17 heavy (non-hydrogen) atoms. The van der Waals surface area contributed by atoms with Crippen molar-refractivity contribution in [2.45, 2.75) is 24.8 Å². The topological polar surface area (TPSA) is 38.5 Å². The second-order valence-electron chi connectivity index (χ2n) is 4.52. The summed E-state index contributed by atoms with van der Waals surface area (Å²) in [5, 5.41) is 0. The lowest BCUT2D eigenvalue weighted by Gasteiger charge is -2.14. The predicted octanol–water partition coefficient (Wildman–Crippen LogP) is 2.71. The first-order valence-electron chi connectivity index (χ1n) is 5.82. The van der Waals surface area contributed by atoms with Gasteiger partial charge in [-0.15, -0.1) is 11.8 Å². The molecule has 96 valence electrons. The Balaban J connectivity index is 2.61. The normalized spacial score (nSPS) is 11.2. The van der Waals surface area contributed by atoms with Gasteiger partial charge < -0.3 is 15.4 Å². The van der Waals surface area contributed by atoms with Crippen molar-refractivity contribution in [1.82, 2.24) is 4.90 Å². The summed E-state index contributed by atoms with van der Waals surface area (Å²) < 4.78 is 5.66. The second kappa shape index (κ2) is 6.77. The Hall–Kier alpha value is -0.870. The fraction of sp³-hybridized carbons (Fsp3) is 0.538. The minimum absolute atomic E-state index is 0.152. The van der Waals surface area contributed by atoms with Gasteiger partial charge >= 0.3 is 0 Å². The molecule has 0 aliphatic rings. The van der Waals surface area contributed by atoms with Crippen molar-refractivity contribution >= 4 is 17.4 Å². The van der Waals surface area contributed by atoms with Gasteiger partial charge in [0, 0.05) is 17.2 Å². The van der Waals surface area contributed by atoms with E-state index in [-0.39, 0.29) is 6.10 Å². The second-order valence-corrected chi connectivity index (χ2v) is 5.69. The van der Waals surface area contributed by atoms with Gasteiger partial charge in [-0.1, -0.05) is 0 Å². The molecule has 1 rings (SSSR count). The van der Waals surface area contributed by atoms with Crippen LogP contribution in [0.15, 0.2) is 23.1 Å². The minimum atomic E-state index is 0.152. The standard InChI is InChI=1S/C13H22N2OS/c1-10(2)16-13-9-11(5-6-12(13)14)17-8-7-15(3)4/h5-6,9-10H,7-8,14H2,1-4H3. The maximum Gasteiger partial charge on any atom is 0.143 e. The summed E-state index contributed by atoms with van der Waals surface area (Å²) in [6, 6.07) is 5.98. The molecule has 0 saturated heterocycles. The zero-order valence-corrected chi connectivity index (χ0v) is 11.9. The number of nitrogen functional groups attached to an aromatic ring is 1. The van der Waals surface area contributed by atoms with Crippen molar-refractivity contribution in [2.24, 2.45) is 0 Å². The fourth-order valence-corrected chi connectivity index (χ4v) is 2.35. The van der Waals surface area contributed by atoms with Crippen LogP contribution >= 0.6 is 11.8 Å². The third-order valence-corrected chi connectivity index (χ3v) is 3.13. The molecule has 4 heteroatoms. The van der Waals surface area contributed by atoms with E-state index in [1.807, 2.05) is 43.8 Å². The number of rotatable bonds is 6. The van der Waals surface area contributed by atoms with E-state index in [4.69, 9.17) is 10.5 Å². The van der Waals surface area contributed by atoms with E-state index in [1.54, 1.807) is 0 Å². The molecule has 0 heterocycles. The number of nitrogens with zero attached hydrogens (tertiary/aromatic N) is 1. The van der Waals surface area contributed by atoms with Crippen molar-refractivity contribution in [3.63, 3.8) is 0 Å². The largest absolute Gasteiger partial charge is 0.489 e. The summed E-state index contributed by atoms with van der Waals surface area (Å²) >= 11 is 1.82. The molecule has 1 aromatic carbocycles. The highest BCUT2D eigenvalue weighted by atomic mass is 32.2. The number of nitrogens with two attached hydrogens (primary N) is 1. The highest BCUT2D eigenvalue weighted by Crippen LogP contribution is 2.29. The molecule has 0 unspecified atom stereocenters. The molecule has 0 spiro atoms. The van der Waals surface area contributed by atoms with E-state index in [1.165, 1.54) is 4.90 Å². The molecule has 0 atom stereocenters. The average Bonchev–Trinajstić information content (AvgIpc) is 2.21. The fourth-order valence-electron chi connectivity index (χ4n) is 1.31. The lowest BCUT2D eigenvalue weighted by atomic mass is 10.3. The quantitative estimate of drug-likeness (QED) is 0.626. The van der Waals surface area contributed by atoms with Crippen LogP contribution in [-0.2, 0) is 0 Å². The van der Waals surface area contributed by atoms with Gasteiger partial charge in [-0.3, -0.25) is 0 Å². The Labute approximate surface area is 108 Å². The molecule has 0 radical (unpaired) electrons. The van der Waals surface area contributed by atoms with Crippen LogP contribution in [0.5, 0.6) is 5.75 Å². The Morgan fingerprint density at radius 2 is 2.06 bits per heavy atom. The van der Waals surface area contributed by atoms with E-state index in [9.17, 15) is 0 Å². The molecular weight excluding hydrogens is 232 g/mol. The van der Waals surface area contributed by atoms with E-state index in [2.05, 4.69) is 19.0 Å². The molecule has 3 nitrogen and oxygen atoms in total. The summed E-state index contributed by atoms with van der Waals surface area (Å²) in [5.74, 6) is 1.85. The van der Waals surface area contributed by atoms with E-state index in [0.29, 0.717) is 5.69 Å². The Morgan fingerprint density at radius 1 is 1.35 bits per heavy atom. The van der Waals surface area contributed by atoms with Gasteiger partial charge in [0.2, 0.25) is 0 Å². The van der Waals surface area contributed by atoms with Gasteiger partial charge in [-0.2, -0.15) is 0 Å². The first kappa shape index (κ1) is 14.2. The zero-order chi connectivity index (χ0) is 12.8. The zero-order valence-electron chi connectivity index (χ0n) is 11.1. The summed E-state index contributed by atoms with van der Waals surface area (Å²) in [6.07, 6.45) is 0.152. The highest BCUT2D eigenvalue weighted by Gasteiger charge is 2.05. The van der Waals surface area contributed by atoms with E-state index < -0.39 is 0 Å². The Bertz CT molecular complexity index is 353. The van der Waals surface area contributed by atoms with E-state index >= 15 is 0 Å². The minimum Gasteiger partial charge on any atom is -0.489 e. The first-order valence-corrected chi connectivity index (χ1v) is 6.81. The Kier molecular flexibility index (Phi) is 5.65. The van der Waals surface area contributed by atoms with Gasteiger partial charge in [0.05, 0.1) is 11.8 Å². The molecule has 0 aromatic heterocycles. The van der Waals surface area contributed by atoms with E-state index in [0.717, 1.165) is 18.0 Å². The summed E-state index contributed by atoms with van der Waals surface area (Å²) in [4.78, 5) is 3.38. The SMILES string of the molecule is CC(C)Oc1cc(SCCN(C)C)ccc1N. The number of hydrogen-bond donors (Lipinski definition) is 1. The average molecular weight is 254 g/mol. The molecule has 0 fully saturated rings. The van der Waals surface area contributed by atoms with Crippen molar-refractivity contribution in [1.29, 1.82) is 0 Å². The van der Waals surface area contributed by atoms with Crippen LogP contribution in [0.25, 0.3) is 0 Å². The summed E-state index contributed by atoms with van der Waals surface area (Å²) in [6.45, 7) is 5.08. The third-order valence-electron chi connectivity index (χ3n) is 2.15. The van der Waals surface area contributed by atoms with Gasteiger partial charge in [0.25, 0.3) is 0 Å². The maximum atomic E-state index is 5.87. The lowest BCUT2D eigenvalue weighted by molar-refractivity contribution is 0.243. The monoisotopic (exact) mass is 254 g/mol. The predicted molar refractivity (Wildman–Crippen MR) is 75.9 cm³/mol. The molecule has 0 aliphatic heterocycles. The van der Waals surface area contributed by atoms with Crippen molar-refractivity contribution in [3.05, 3.63) is 18.2 Å². The van der Waals surface area contributed by atoms with Crippen LogP contribution in [0, 0.1) is 0 Å². The van der Waals surface area contributed by atoms with Gasteiger partial charge in [-0.05, 0) is 46.1 Å². The molecule has 0 aliphatic carbocycles. The number of hydrogen-bond acceptors (Lipinski definition) is 4. The summed E-state index contributed by atoms with van der Waals surface area (Å²) in [5.41, 5.74) is 6.58. The van der Waals surface area contributed by atoms with Gasteiger partial charge in [-0.25, -0.2) is 0 Å². The number of ether oxygens (including phenoxy) is 1. The molecule has 2 N–H and O–H groups in total. The van der Waals surface area contributed by atoms with Crippen molar-refractivity contribution in [2.75, 3.05) is 32.1 Å². The number of anilines is 1. The molecule has 1 aromatic rings. The molecular formula is C13H22N2OS. The molecule has 0 bridgehead atoms. The number of thioether (sulfide) groups is 1. The summed E-state index contributed by atoms with van der Waals surface area (Å²) in [7, 11) is 4.16. The molecule has 0 amide bonds. The van der Waals surface area contributed by atoms with Crippen LogP contribution in [0.3, 0.4) is 0 Å². The van der Waals surface area contributed by atoms with Gasteiger partial charge in [0.15, 0.2) is 0 Å². The smallest absolute Gasteiger partial charge is 0.143 e. The van der Waals surface area contributed by atoms with Crippen molar-refractivity contribution in [3.8, 4) is 5.75 Å². The van der Waals surface area contributed by atoms with Crippen LogP contribution in [0.2, 0.25) is 0 Å². The third kappa shape index (κ3) is 5.33. The lowest BCUT2D eigenvalue weighted by Crippen LogP contribution is -2.14. The van der Waals surface area contributed by atoms with Crippen LogP contribution < -0.4 is 10.5 Å². The van der Waals surface area contributed by atoms with Crippen molar-refractivity contribution < 1.29 is 4.74 Å². The molecule has 0 saturated carbocycles. The van der Waals surface area contributed by atoms with Crippen LogP contribution in [0.1, 0.15) is 13.8 Å². The first-order chi connectivity index (χ1) is 7.99. The highest BCUT2D eigenvalue weighted by molar-refractivity contribution is 7.99. The number of benzene rings is 1.